The number of fused-ring (bicyclic) bond motifs is 1. The quantitative estimate of drug-likeness (QED) is 0.476. The maximum absolute atomic E-state index is 12.3. The van der Waals surface area contributed by atoms with Crippen LogP contribution < -0.4 is 0 Å². The molecule has 0 fully saturated rings. The van der Waals surface area contributed by atoms with E-state index >= 15 is 0 Å². The Labute approximate surface area is 123 Å². The number of carbonyl (C=O) groups is 1. The van der Waals surface area contributed by atoms with Gasteiger partial charge in [0.2, 0.25) is 0 Å². The monoisotopic (exact) mass is 292 g/mol. The predicted octanol–water partition coefficient (Wildman–Crippen LogP) is 2.56. The normalized spacial score (nSPS) is 18.4. The summed E-state index contributed by atoms with van der Waals surface area (Å²) >= 11 is 0. The fourth-order valence-electron chi connectivity index (χ4n) is 2.27. The van der Waals surface area contributed by atoms with Gasteiger partial charge in [0, 0.05) is 36.7 Å². The first-order valence-electron chi connectivity index (χ1n) is 6.88. The van der Waals surface area contributed by atoms with Gasteiger partial charge in [-0.3, -0.25) is 4.68 Å². The summed E-state index contributed by atoms with van der Waals surface area (Å²) < 4.78 is 7.28. The Bertz CT molecular complexity index is 555. The van der Waals surface area contributed by atoms with Crippen molar-refractivity contribution in [1.82, 2.24) is 14.7 Å². The molecule has 0 spiro atoms. The zero-order chi connectivity index (χ0) is 15.5. The van der Waals surface area contributed by atoms with Crippen molar-refractivity contribution in [3.63, 3.8) is 0 Å². The summed E-state index contributed by atoms with van der Waals surface area (Å²) in [6.45, 7) is 7.40. The van der Waals surface area contributed by atoms with Gasteiger partial charge in [-0.15, -0.1) is 0 Å². The molecule has 1 unspecified atom stereocenters. The molecule has 0 saturated heterocycles. The highest BCUT2D eigenvalue weighted by atomic mass is 16.6. The van der Waals surface area contributed by atoms with E-state index in [1.165, 1.54) is 0 Å². The topological polar surface area (TPSA) is 96.1 Å². The van der Waals surface area contributed by atoms with Crippen molar-refractivity contribution in [2.24, 2.45) is 11.0 Å². The fraction of sp³-hybridized carbons (Fsp3) is 0.692. The van der Waals surface area contributed by atoms with Crippen LogP contribution in [0.4, 0.5) is 4.79 Å². The van der Waals surface area contributed by atoms with Crippen molar-refractivity contribution in [2.45, 2.75) is 39.5 Å². The van der Waals surface area contributed by atoms with Gasteiger partial charge in [-0.2, -0.15) is 5.10 Å². The molecule has 0 radical (unpaired) electrons. The van der Waals surface area contributed by atoms with Crippen molar-refractivity contribution in [1.29, 1.82) is 0 Å². The molecule has 1 aliphatic rings. The summed E-state index contributed by atoms with van der Waals surface area (Å²) in [6.07, 6.45) is 1.35. The van der Waals surface area contributed by atoms with Crippen molar-refractivity contribution in [3.05, 3.63) is 28.4 Å². The number of aromatic nitrogens is 2. The van der Waals surface area contributed by atoms with Crippen molar-refractivity contribution in [3.8, 4) is 0 Å². The Morgan fingerprint density at radius 1 is 1.57 bits per heavy atom. The molecular formula is C13H20N6O2. The minimum atomic E-state index is -0.538. The van der Waals surface area contributed by atoms with Gasteiger partial charge in [-0.25, -0.2) is 4.79 Å². The highest BCUT2D eigenvalue weighted by molar-refractivity contribution is 5.68. The van der Waals surface area contributed by atoms with E-state index in [-0.39, 0.29) is 12.0 Å². The molecule has 2 heterocycles. The molecule has 2 rings (SSSR count). The molecule has 114 valence electrons. The summed E-state index contributed by atoms with van der Waals surface area (Å²) in [5.74, 6) is 0.0227. The summed E-state index contributed by atoms with van der Waals surface area (Å²) in [7, 11) is 0. The molecule has 1 aromatic heterocycles. The Hall–Kier alpha value is -2.21. The number of hydrogen-bond donors (Lipinski definition) is 0. The molecule has 0 bridgehead atoms. The number of carbonyl (C=O) groups excluding carboxylic acids is 1. The lowest BCUT2D eigenvalue weighted by Crippen LogP contribution is -2.39. The van der Waals surface area contributed by atoms with Crippen molar-refractivity contribution >= 4 is 6.09 Å². The summed E-state index contributed by atoms with van der Waals surface area (Å²) in [6, 6.07) is 1.88. The highest BCUT2D eigenvalue weighted by Gasteiger charge is 2.28. The number of rotatable bonds is 2. The van der Waals surface area contributed by atoms with Crippen LogP contribution in [-0.2, 0) is 17.8 Å². The van der Waals surface area contributed by atoms with Crippen LogP contribution in [0.1, 0.15) is 26.5 Å². The molecule has 8 nitrogen and oxygen atoms in total. The van der Waals surface area contributed by atoms with Crippen molar-refractivity contribution < 1.29 is 9.53 Å². The lowest BCUT2D eigenvalue weighted by molar-refractivity contribution is 0.0212. The maximum Gasteiger partial charge on any atom is 0.410 e. The molecule has 0 aromatic carbocycles. The van der Waals surface area contributed by atoms with Gasteiger partial charge in [-0.1, -0.05) is 5.11 Å². The van der Waals surface area contributed by atoms with Crippen LogP contribution in [0.3, 0.4) is 0 Å². The molecule has 0 aliphatic carbocycles. The Morgan fingerprint density at radius 2 is 2.33 bits per heavy atom. The van der Waals surface area contributed by atoms with E-state index in [2.05, 4.69) is 15.1 Å². The molecule has 0 saturated carbocycles. The lowest BCUT2D eigenvalue weighted by atomic mass is 10.1. The van der Waals surface area contributed by atoms with Crippen LogP contribution in [0.2, 0.25) is 0 Å². The van der Waals surface area contributed by atoms with E-state index in [1.807, 2.05) is 31.5 Å². The Morgan fingerprint density at radius 3 is 3.00 bits per heavy atom. The van der Waals surface area contributed by atoms with Crippen LogP contribution >= 0.6 is 0 Å². The maximum atomic E-state index is 12.3. The second-order valence-corrected chi connectivity index (χ2v) is 6.14. The van der Waals surface area contributed by atoms with Crippen LogP contribution in [0.25, 0.3) is 10.4 Å². The van der Waals surface area contributed by atoms with E-state index in [1.54, 1.807) is 11.1 Å². The van der Waals surface area contributed by atoms with E-state index in [0.29, 0.717) is 26.2 Å². The number of hydrogen-bond acceptors (Lipinski definition) is 4. The SMILES string of the molecule is CC(C)(C)OC(=O)N1Cc2ccnn2CC(CN=[N+]=[N-])C1. The Kier molecular flexibility index (Phi) is 4.37. The zero-order valence-corrected chi connectivity index (χ0v) is 12.6. The summed E-state index contributed by atoms with van der Waals surface area (Å²) in [5, 5.41) is 7.87. The molecular weight excluding hydrogens is 272 g/mol. The number of ether oxygens (including phenoxy) is 1. The third-order valence-corrected chi connectivity index (χ3v) is 3.12. The summed E-state index contributed by atoms with van der Waals surface area (Å²) in [4.78, 5) is 16.7. The Balaban J connectivity index is 2.17. The smallest absolute Gasteiger partial charge is 0.410 e. The van der Waals surface area contributed by atoms with Crippen molar-refractivity contribution in [2.75, 3.05) is 13.1 Å². The fourth-order valence-corrected chi connectivity index (χ4v) is 2.27. The molecule has 0 N–H and O–H groups in total. The lowest BCUT2D eigenvalue weighted by Gasteiger charge is -2.27. The average Bonchev–Trinajstić information content (AvgIpc) is 2.72. The highest BCUT2D eigenvalue weighted by Crippen LogP contribution is 2.19. The molecule has 1 atom stereocenters. The minimum absolute atomic E-state index is 0.0227. The van der Waals surface area contributed by atoms with Gasteiger partial charge < -0.3 is 9.64 Å². The molecule has 21 heavy (non-hydrogen) atoms. The van der Waals surface area contributed by atoms with Gasteiger partial charge in [0.1, 0.15) is 5.60 Å². The molecule has 8 heteroatoms. The third kappa shape index (κ3) is 4.13. The van der Waals surface area contributed by atoms with E-state index < -0.39 is 5.60 Å². The second-order valence-electron chi connectivity index (χ2n) is 6.14. The van der Waals surface area contributed by atoms with Gasteiger partial charge in [0.15, 0.2) is 0 Å². The standard InChI is InChI=1S/C13H20N6O2/c1-13(2,3)21-12(20)18-7-10(6-15-17-14)8-19-11(9-18)4-5-16-19/h4-5,10H,6-9H2,1-3H3. The number of azide groups is 1. The average molecular weight is 292 g/mol. The minimum Gasteiger partial charge on any atom is -0.444 e. The molecule has 1 aromatic rings. The number of amides is 1. The second kappa shape index (κ2) is 6.05. The van der Waals surface area contributed by atoms with Gasteiger partial charge in [-0.05, 0) is 32.4 Å². The predicted molar refractivity (Wildman–Crippen MR) is 76.4 cm³/mol. The van der Waals surface area contributed by atoms with E-state index in [9.17, 15) is 4.79 Å². The van der Waals surface area contributed by atoms with Crippen LogP contribution in [0.15, 0.2) is 17.4 Å². The molecule has 1 amide bonds. The van der Waals surface area contributed by atoms with Crippen LogP contribution in [-0.4, -0.2) is 39.5 Å². The first-order chi connectivity index (χ1) is 9.89. The molecule has 1 aliphatic heterocycles. The first kappa shape index (κ1) is 15.2. The van der Waals surface area contributed by atoms with Crippen LogP contribution in [0, 0.1) is 5.92 Å². The zero-order valence-electron chi connectivity index (χ0n) is 12.6. The van der Waals surface area contributed by atoms with E-state index in [4.69, 9.17) is 10.3 Å². The van der Waals surface area contributed by atoms with Crippen LogP contribution in [0.5, 0.6) is 0 Å². The summed E-state index contributed by atoms with van der Waals surface area (Å²) in [5.41, 5.74) is 8.89. The van der Waals surface area contributed by atoms with Gasteiger partial charge >= 0.3 is 6.09 Å². The van der Waals surface area contributed by atoms with Gasteiger partial charge in [0.05, 0.1) is 12.2 Å². The van der Waals surface area contributed by atoms with E-state index in [0.717, 1.165) is 5.69 Å². The van der Waals surface area contributed by atoms with Gasteiger partial charge in [0.25, 0.3) is 0 Å². The first-order valence-corrected chi connectivity index (χ1v) is 6.88. The third-order valence-electron chi connectivity index (χ3n) is 3.12. The largest absolute Gasteiger partial charge is 0.444 e. The number of nitrogens with zero attached hydrogens (tertiary/aromatic N) is 6.